The maximum atomic E-state index is 10.2. The van der Waals surface area contributed by atoms with Crippen molar-refractivity contribution in [1.29, 1.82) is 5.26 Å². The first kappa shape index (κ1) is 8.27. The third kappa shape index (κ3) is 1.42. The molecule has 0 fully saturated rings. The Hall–Kier alpha value is -1.83. The van der Waals surface area contributed by atoms with Gasteiger partial charge in [-0.25, -0.2) is 0 Å². The predicted molar refractivity (Wildman–Crippen MR) is 39.4 cm³/mol. The smallest absolute Gasteiger partial charge is 0.404 e. The number of nitriles is 1. The van der Waals surface area contributed by atoms with E-state index >= 15 is 0 Å². The van der Waals surface area contributed by atoms with E-state index in [0.717, 1.165) is 0 Å². The second-order valence-electron chi connectivity index (χ2n) is 2.28. The zero-order valence-corrected chi connectivity index (χ0v) is 6.35. The first-order valence-corrected chi connectivity index (χ1v) is 3.29. The minimum Gasteiger partial charge on any atom is -0.404 e. The highest BCUT2D eigenvalue weighted by molar-refractivity contribution is 5.22. The van der Waals surface area contributed by atoms with Gasteiger partial charge in [-0.05, 0) is 13.0 Å². The normalized spacial score (nSPS) is 12.0. The van der Waals surface area contributed by atoms with E-state index in [2.05, 4.69) is 0 Å². The first-order chi connectivity index (χ1) is 5.65. The summed E-state index contributed by atoms with van der Waals surface area (Å²) in [5.41, 5.74) is 0. The average Bonchev–Trinajstić information content (AvgIpc) is 2.51. The van der Waals surface area contributed by atoms with Crippen molar-refractivity contribution in [2.45, 2.75) is 12.8 Å². The summed E-state index contributed by atoms with van der Waals surface area (Å²) in [7, 11) is 0. The third-order valence-corrected chi connectivity index (χ3v) is 1.41. The Morgan fingerprint density at radius 3 is 2.83 bits per heavy atom. The molecule has 1 aromatic rings. The topological polar surface area (TPSA) is 80.1 Å². The van der Waals surface area contributed by atoms with Crippen LogP contribution in [0.3, 0.4) is 0 Å². The van der Waals surface area contributed by atoms with Crippen molar-refractivity contribution in [3.63, 3.8) is 0 Å². The molecule has 12 heavy (non-hydrogen) atoms. The zero-order valence-electron chi connectivity index (χ0n) is 6.35. The Morgan fingerprint density at radius 1 is 1.75 bits per heavy atom. The van der Waals surface area contributed by atoms with Crippen LogP contribution in [0.1, 0.15) is 18.6 Å². The molecule has 0 aliphatic carbocycles. The van der Waals surface area contributed by atoms with Crippen LogP contribution in [0.4, 0.5) is 5.88 Å². The fourth-order valence-corrected chi connectivity index (χ4v) is 0.737. The molecule has 62 valence electrons. The van der Waals surface area contributed by atoms with Gasteiger partial charge in [-0.3, -0.25) is 10.1 Å². The van der Waals surface area contributed by atoms with E-state index in [0.29, 0.717) is 5.76 Å². The number of furan rings is 1. The molecule has 1 rings (SSSR count). The predicted octanol–water partition coefficient (Wildman–Crippen LogP) is 1.81. The van der Waals surface area contributed by atoms with Crippen molar-refractivity contribution < 1.29 is 9.34 Å². The van der Waals surface area contributed by atoms with Crippen LogP contribution < -0.4 is 0 Å². The van der Waals surface area contributed by atoms with Gasteiger partial charge in [0.15, 0.2) is 0 Å². The highest BCUT2D eigenvalue weighted by Gasteiger charge is 2.15. The molecule has 0 aliphatic rings. The molecule has 1 unspecified atom stereocenters. The number of nitro groups is 1. The summed E-state index contributed by atoms with van der Waals surface area (Å²) in [5.74, 6) is -0.449. The van der Waals surface area contributed by atoms with Crippen LogP contribution in [0.2, 0.25) is 0 Å². The molecule has 0 saturated heterocycles. The van der Waals surface area contributed by atoms with Gasteiger partial charge in [-0.15, -0.1) is 0 Å². The Morgan fingerprint density at radius 2 is 2.42 bits per heavy atom. The molecule has 1 aromatic heterocycles. The second kappa shape index (κ2) is 3.05. The van der Waals surface area contributed by atoms with Crippen LogP contribution in [0.25, 0.3) is 0 Å². The molecule has 0 aliphatic heterocycles. The van der Waals surface area contributed by atoms with Crippen molar-refractivity contribution in [2.75, 3.05) is 0 Å². The fourth-order valence-electron chi connectivity index (χ4n) is 0.737. The largest absolute Gasteiger partial charge is 0.433 e. The molecule has 0 saturated carbocycles. The van der Waals surface area contributed by atoms with E-state index < -0.39 is 10.8 Å². The second-order valence-corrected chi connectivity index (χ2v) is 2.28. The monoisotopic (exact) mass is 166 g/mol. The van der Waals surface area contributed by atoms with E-state index in [4.69, 9.17) is 9.68 Å². The quantitative estimate of drug-likeness (QED) is 0.495. The van der Waals surface area contributed by atoms with Gasteiger partial charge in [0, 0.05) is 0 Å². The van der Waals surface area contributed by atoms with Gasteiger partial charge >= 0.3 is 5.88 Å². The van der Waals surface area contributed by atoms with Gasteiger partial charge in [-0.2, -0.15) is 5.26 Å². The SMILES string of the molecule is CC(C#N)c1ccc([N+](=O)[O-])o1. The lowest BCUT2D eigenvalue weighted by atomic mass is 10.1. The van der Waals surface area contributed by atoms with Gasteiger partial charge in [-0.1, -0.05) is 0 Å². The fraction of sp³-hybridized carbons (Fsp3) is 0.286. The number of hydrogen-bond donors (Lipinski definition) is 0. The molecule has 0 aromatic carbocycles. The van der Waals surface area contributed by atoms with E-state index in [9.17, 15) is 10.1 Å². The van der Waals surface area contributed by atoms with Crippen LogP contribution in [-0.2, 0) is 0 Å². The van der Waals surface area contributed by atoms with Crippen molar-refractivity contribution >= 4 is 5.88 Å². The van der Waals surface area contributed by atoms with Crippen LogP contribution in [0, 0.1) is 21.4 Å². The summed E-state index contributed by atoms with van der Waals surface area (Å²) in [6, 6.07) is 4.59. The Bertz CT molecular complexity index is 337. The lowest BCUT2D eigenvalue weighted by Gasteiger charge is -1.92. The Kier molecular flexibility index (Phi) is 2.10. The van der Waals surface area contributed by atoms with Crippen molar-refractivity contribution in [2.24, 2.45) is 0 Å². The lowest BCUT2D eigenvalue weighted by molar-refractivity contribution is -0.402. The van der Waals surface area contributed by atoms with E-state index in [1.165, 1.54) is 12.1 Å². The molecule has 0 N–H and O–H groups in total. The van der Waals surface area contributed by atoms with E-state index in [1.54, 1.807) is 6.92 Å². The minimum atomic E-state index is -0.631. The van der Waals surface area contributed by atoms with E-state index in [1.807, 2.05) is 6.07 Å². The lowest BCUT2D eigenvalue weighted by Crippen LogP contribution is -1.86. The van der Waals surface area contributed by atoms with Gasteiger partial charge in [0.1, 0.15) is 16.6 Å². The highest BCUT2D eigenvalue weighted by atomic mass is 16.6. The minimum absolute atomic E-state index is 0.323. The summed E-state index contributed by atoms with van der Waals surface area (Å²) in [6.07, 6.45) is 0. The van der Waals surface area contributed by atoms with Gasteiger partial charge < -0.3 is 4.42 Å². The van der Waals surface area contributed by atoms with Crippen molar-refractivity contribution in [3.8, 4) is 6.07 Å². The van der Waals surface area contributed by atoms with Crippen LogP contribution in [-0.4, -0.2) is 4.92 Å². The summed E-state index contributed by atoms with van der Waals surface area (Å²) in [5, 5.41) is 18.6. The molecule has 5 nitrogen and oxygen atoms in total. The summed E-state index contributed by atoms with van der Waals surface area (Å²) < 4.78 is 4.78. The van der Waals surface area contributed by atoms with Crippen molar-refractivity contribution in [3.05, 3.63) is 28.0 Å². The van der Waals surface area contributed by atoms with E-state index in [-0.39, 0.29) is 5.88 Å². The molecule has 0 radical (unpaired) electrons. The molecule has 1 heterocycles. The molecular formula is C7H6N2O3. The zero-order chi connectivity index (χ0) is 9.14. The van der Waals surface area contributed by atoms with Gasteiger partial charge in [0.25, 0.3) is 0 Å². The summed E-state index contributed by atoms with van der Waals surface area (Å²) in [6.45, 7) is 1.61. The Balaban J connectivity index is 2.93. The maximum Gasteiger partial charge on any atom is 0.433 e. The van der Waals surface area contributed by atoms with Crippen molar-refractivity contribution in [1.82, 2.24) is 0 Å². The number of nitrogens with zero attached hydrogens (tertiary/aromatic N) is 2. The molecule has 1 atom stereocenters. The van der Waals surface area contributed by atoms with Gasteiger partial charge in [0.05, 0.1) is 12.1 Å². The van der Waals surface area contributed by atoms with Crippen LogP contribution in [0.15, 0.2) is 16.5 Å². The molecule has 0 spiro atoms. The first-order valence-electron chi connectivity index (χ1n) is 3.29. The molecular weight excluding hydrogens is 160 g/mol. The number of rotatable bonds is 2. The molecule has 0 bridgehead atoms. The summed E-state index contributed by atoms with van der Waals surface area (Å²) in [4.78, 5) is 9.52. The summed E-state index contributed by atoms with van der Waals surface area (Å²) >= 11 is 0. The highest BCUT2D eigenvalue weighted by Crippen LogP contribution is 2.21. The Labute approximate surface area is 68.4 Å². The molecule has 5 heteroatoms. The standard InChI is InChI=1S/C7H6N2O3/c1-5(4-8)6-2-3-7(12-6)9(10)11/h2-3,5H,1H3. The average molecular weight is 166 g/mol. The van der Waals surface area contributed by atoms with Crippen LogP contribution >= 0.6 is 0 Å². The van der Waals surface area contributed by atoms with Gasteiger partial charge in [0.2, 0.25) is 0 Å². The number of hydrogen-bond acceptors (Lipinski definition) is 4. The third-order valence-electron chi connectivity index (χ3n) is 1.41. The molecule has 0 amide bonds. The van der Waals surface area contributed by atoms with Crippen LogP contribution in [0.5, 0.6) is 0 Å². The maximum absolute atomic E-state index is 10.2.